The molecule has 0 heterocycles. The molecule has 0 saturated heterocycles. The monoisotopic (exact) mass is 196 g/mol. The molecule has 0 unspecified atom stereocenters. The molecular weight excluding hydrogens is 168 g/mol. The fraction of sp³-hybridized carbons (Fsp3) is 0.571. The average molecular weight is 196 g/mol. The van der Waals surface area contributed by atoms with Crippen LogP contribution < -0.4 is 0 Å². The summed E-state index contributed by atoms with van der Waals surface area (Å²) in [6.45, 7) is 18.0. The Bertz CT molecular complexity index is 147. The summed E-state index contributed by atoms with van der Waals surface area (Å²) in [6.07, 6.45) is 8.04. The minimum absolute atomic E-state index is 0.592. The lowest BCUT2D eigenvalue weighted by Gasteiger charge is -2.03. The Balaban J connectivity index is -0.000000266. The van der Waals surface area contributed by atoms with Crippen LogP contribution in [0.1, 0.15) is 48.5 Å². The number of rotatable bonds is 3. The Kier molecular flexibility index (Phi) is 24.4. The SMILES string of the molecule is C=C/C=C(\C=C/C)C(C)C.CC.CC. The molecule has 0 saturated carbocycles. The molecule has 0 spiro atoms. The molecule has 0 aromatic heterocycles. The lowest BCUT2D eigenvalue weighted by atomic mass is 10.0. The van der Waals surface area contributed by atoms with E-state index in [1.54, 1.807) is 0 Å². The standard InChI is InChI=1S/C10H16.2C2H6/c1-5-7-10(8-6-2)9(3)4;2*1-2/h5-9H,1H2,2-4H3;2*1-2H3/b8-6-,10-7+;;. The summed E-state index contributed by atoms with van der Waals surface area (Å²) in [6, 6.07) is 0. The molecule has 84 valence electrons. The lowest BCUT2D eigenvalue weighted by molar-refractivity contribution is 0.791. The van der Waals surface area contributed by atoms with E-state index in [4.69, 9.17) is 0 Å². The van der Waals surface area contributed by atoms with Crippen LogP contribution in [0.3, 0.4) is 0 Å². The van der Waals surface area contributed by atoms with Gasteiger partial charge in [0.25, 0.3) is 0 Å². The van der Waals surface area contributed by atoms with Crippen LogP contribution in [0.2, 0.25) is 0 Å². The number of hydrogen-bond donors (Lipinski definition) is 0. The molecule has 0 atom stereocenters. The molecule has 14 heavy (non-hydrogen) atoms. The van der Waals surface area contributed by atoms with Gasteiger partial charge in [0.15, 0.2) is 0 Å². The summed E-state index contributed by atoms with van der Waals surface area (Å²) >= 11 is 0. The van der Waals surface area contributed by atoms with E-state index in [0.29, 0.717) is 5.92 Å². The van der Waals surface area contributed by atoms with Gasteiger partial charge in [-0.3, -0.25) is 0 Å². The molecular formula is C14H28. The summed E-state index contributed by atoms with van der Waals surface area (Å²) in [5.74, 6) is 0.592. The maximum atomic E-state index is 3.65. The van der Waals surface area contributed by atoms with Crippen molar-refractivity contribution < 1.29 is 0 Å². The van der Waals surface area contributed by atoms with E-state index in [9.17, 15) is 0 Å². The van der Waals surface area contributed by atoms with Crippen molar-refractivity contribution in [2.45, 2.75) is 48.5 Å². The van der Waals surface area contributed by atoms with E-state index in [1.807, 2.05) is 46.8 Å². The van der Waals surface area contributed by atoms with Crippen LogP contribution >= 0.6 is 0 Å². The van der Waals surface area contributed by atoms with Crippen LogP contribution in [0.25, 0.3) is 0 Å². The molecule has 0 nitrogen and oxygen atoms in total. The van der Waals surface area contributed by atoms with Crippen molar-refractivity contribution in [3.8, 4) is 0 Å². The van der Waals surface area contributed by atoms with Crippen LogP contribution in [-0.2, 0) is 0 Å². The highest BCUT2D eigenvalue weighted by atomic mass is 14.0. The molecule has 0 radical (unpaired) electrons. The second-order valence-corrected chi connectivity index (χ2v) is 2.56. The van der Waals surface area contributed by atoms with E-state index in [-0.39, 0.29) is 0 Å². The third kappa shape index (κ3) is 13.8. The van der Waals surface area contributed by atoms with Crippen molar-refractivity contribution in [1.29, 1.82) is 0 Å². The van der Waals surface area contributed by atoms with Gasteiger partial charge >= 0.3 is 0 Å². The van der Waals surface area contributed by atoms with E-state index in [2.05, 4.69) is 32.6 Å². The molecule has 0 rings (SSSR count). The summed E-state index contributed by atoms with van der Waals surface area (Å²) < 4.78 is 0. The van der Waals surface area contributed by atoms with Gasteiger partial charge in [-0.15, -0.1) is 0 Å². The topological polar surface area (TPSA) is 0 Å². The quantitative estimate of drug-likeness (QED) is 0.531. The normalized spacial score (nSPS) is 10.1. The highest BCUT2D eigenvalue weighted by molar-refractivity contribution is 5.24. The van der Waals surface area contributed by atoms with Gasteiger partial charge < -0.3 is 0 Å². The van der Waals surface area contributed by atoms with Crippen molar-refractivity contribution in [2.24, 2.45) is 5.92 Å². The van der Waals surface area contributed by atoms with Crippen molar-refractivity contribution in [3.63, 3.8) is 0 Å². The number of hydrogen-bond acceptors (Lipinski definition) is 0. The second-order valence-electron chi connectivity index (χ2n) is 2.56. The molecule has 0 aliphatic carbocycles. The lowest BCUT2D eigenvalue weighted by Crippen LogP contribution is -1.88. The maximum absolute atomic E-state index is 3.65. The van der Waals surface area contributed by atoms with Gasteiger partial charge in [-0.1, -0.05) is 72.4 Å². The fourth-order valence-electron chi connectivity index (χ4n) is 0.769. The molecule has 0 fully saturated rings. The predicted octanol–water partition coefficient (Wildman–Crippen LogP) is 5.38. The Morgan fingerprint density at radius 3 is 1.71 bits per heavy atom. The van der Waals surface area contributed by atoms with Crippen molar-refractivity contribution >= 4 is 0 Å². The smallest absolute Gasteiger partial charge is 0.0219 e. The van der Waals surface area contributed by atoms with E-state index < -0.39 is 0 Å². The zero-order chi connectivity index (χ0) is 12.0. The summed E-state index contributed by atoms with van der Waals surface area (Å²) in [5.41, 5.74) is 1.33. The second kappa shape index (κ2) is 18.1. The maximum Gasteiger partial charge on any atom is -0.0219 e. The van der Waals surface area contributed by atoms with Gasteiger partial charge in [0.1, 0.15) is 0 Å². The highest BCUT2D eigenvalue weighted by Gasteiger charge is 1.94. The molecule has 0 aromatic rings. The minimum atomic E-state index is 0.592. The first-order valence-corrected chi connectivity index (χ1v) is 5.67. The first-order chi connectivity index (χ1) is 6.72. The fourth-order valence-corrected chi connectivity index (χ4v) is 0.769. The van der Waals surface area contributed by atoms with Crippen LogP contribution in [0, 0.1) is 5.92 Å². The molecule has 0 aromatic carbocycles. The van der Waals surface area contributed by atoms with Crippen LogP contribution in [0.4, 0.5) is 0 Å². The molecule has 0 bridgehead atoms. The Labute approximate surface area is 91.4 Å². The molecule has 0 aliphatic rings. The van der Waals surface area contributed by atoms with Gasteiger partial charge in [0.2, 0.25) is 0 Å². The molecule has 0 heteroatoms. The van der Waals surface area contributed by atoms with E-state index in [0.717, 1.165) is 0 Å². The summed E-state index contributed by atoms with van der Waals surface area (Å²) in [4.78, 5) is 0. The minimum Gasteiger partial charge on any atom is -0.0991 e. The van der Waals surface area contributed by atoms with Gasteiger partial charge in [-0.25, -0.2) is 0 Å². The predicted molar refractivity (Wildman–Crippen MR) is 70.6 cm³/mol. The van der Waals surface area contributed by atoms with Crippen molar-refractivity contribution in [2.75, 3.05) is 0 Å². The van der Waals surface area contributed by atoms with E-state index in [1.165, 1.54) is 5.57 Å². The van der Waals surface area contributed by atoms with Crippen LogP contribution in [0.5, 0.6) is 0 Å². The number of allylic oxidation sites excluding steroid dienone is 5. The zero-order valence-electron chi connectivity index (χ0n) is 11.1. The first kappa shape index (κ1) is 18.9. The van der Waals surface area contributed by atoms with Crippen LogP contribution in [-0.4, -0.2) is 0 Å². The Hall–Kier alpha value is -0.780. The Morgan fingerprint density at radius 2 is 1.50 bits per heavy atom. The average Bonchev–Trinajstić information content (AvgIpc) is 2.23. The van der Waals surface area contributed by atoms with E-state index >= 15 is 0 Å². The summed E-state index contributed by atoms with van der Waals surface area (Å²) in [5, 5.41) is 0. The van der Waals surface area contributed by atoms with Crippen LogP contribution in [0.15, 0.2) is 36.5 Å². The molecule has 0 amide bonds. The van der Waals surface area contributed by atoms with Gasteiger partial charge in [0.05, 0.1) is 0 Å². The Morgan fingerprint density at radius 1 is 1.07 bits per heavy atom. The van der Waals surface area contributed by atoms with Gasteiger partial charge in [-0.2, -0.15) is 0 Å². The van der Waals surface area contributed by atoms with Gasteiger partial charge in [-0.05, 0) is 18.4 Å². The largest absolute Gasteiger partial charge is 0.0991 e. The van der Waals surface area contributed by atoms with Gasteiger partial charge in [0, 0.05) is 0 Å². The zero-order valence-corrected chi connectivity index (χ0v) is 11.1. The van der Waals surface area contributed by atoms with Crippen molar-refractivity contribution in [3.05, 3.63) is 36.5 Å². The summed E-state index contributed by atoms with van der Waals surface area (Å²) in [7, 11) is 0. The first-order valence-electron chi connectivity index (χ1n) is 5.67. The molecule has 0 N–H and O–H groups in total. The highest BCUT2D eigenvalue weighted by Crippen LogP contribution is 2.10. The van der Waals surface area contributed by atoms with Crippen molar-refractivity contribution in [1.82, 2.24) is 0 Å². The third-order valence-corrected chi connectivity index (χ3v) is 1.34. The molecule has 0 aliphatic heterocycles. The third-order valence-electron chi connectivity index (χ3n) is 1.34.